The predicted molar refractivity (Wildman–Crippen MR) is 108 cm³/mol. The summed E-state index contributed by atoms with van der Waals surface area (Å²) < 4.78 is 27.5. The molecule has 27 heavy (non-hydrogen) atoms. The highest BCUT2D eigenvalue weighted by atomic mass is 32.2. The van der Waals surface area contributed by atoms with E-state index in [0.717, 1.165) is 24.9 Å². The normalized spacial score (nSPS) is 11.2. The average Bonchev–Trinajstić information content (AvgIpc) is 2.63. The van der Waals surface area contributed by atoms with Crippen LogP contribution >= 0.6 is 0 Å². The first-order chi connectivity index (χ1) is 12.8. The molecule has 0 spiro atoms. The minimum atomic E-state index is -3.78. The number of nitrogens with zero attached hydrogens (tertiary/aromatic N) is 1. The fraction of sp³-hybridized carbons (Fsp3) is 0.350. The Balaban J connectivity index is 2.34. The highest BCUT2D eigenvalue weighted by Gasteiger charge is 2.19. The van der Waals surface area contributed by atoms with Gasteiger partial charge in [0.1, 0.15) is 0 Å². The zero-order chi connectivity index (χ0) is 20.0. The molecule has 7 heteroatoms. The Morgan fingerprint density at radius 1 is 1.11 bits per heavy atom. The fourth-order valence-electron chi connectivity index (χ4n) is 2.78. The summed E-state index contributed by atoms with van der Waals surface area (Å²) in [6.45, 7) is 7.35. The number of sulfonamides is 1. The lowest BCUT2D eigenvalue weighted by Gasteiger charge is -2.25. The largest absolute Gasteiger partial charge is 0.478 e. The maximum Gasteiger partial charge on any atom is 0.337 e. The third kappa shape index (κ3) is 5.23. The second kappa shape index (κ2) is 8.90. The number of aromatic carboxylic acids is 1. The third-order valence-corrected chi connectivity index (χ3v) is 5.71. The van der Waals surface area contributed by atoms with Gasteiger partial charge >= 0.3 is 5.97 Å². The molecule has 0 aliphatic heterocycles. The van der Waals surface area contributed by atoms with Crippen molar-refractivity contribution in [3.63, 3.8) is 0 Å². The van der Waals surface area contributed by atoms with E-state index in [1.54, 1.807) is 24.3 Å². The first-order valence-electron chi connectivity index (χ1n) is 9.00. The molecule has 0 aromatic heterocycles. The Kier molecular flexibility index (Phi) is 6.85. The van der Waals surface area contributed by atoms with E-state index in [1.807, 2.05) is 18.7 Å². The molecular formula is C20H26N2O4S. The van der Waals surface area contributed by atoms with Crippen LogP contribution in [0.1, 0.15) is 42.6 Å². The second-order valence-electron chi connectivity index (χ2n) is 6.39. The van der Waals surface area contributed by atoms with E-state index in [4.69, 9.17) is 0 Å². The van der Waals surface area contributed by atoms with Crippen molar-refractivity contribution in [2.75, 3.05) is 22.7 Å². The number of unbranched alkanes of at least 4 members (excludes halogenated alkanes) is 1. The molecule has 0 unspecified atom stereocenters. The molecular weight excluding hydrogens is 364 g/mol. The molecule has 0 atom stereocenters. The number of carboxylic acids is 1. The smallest absolute Gasteiger partial charge is 0.337 e. The SMILES string of the molecule is CCCCN(CC)c1ccc(NS(=O)(=O)c2ccc(C)cc2)cc1C(=O)O. The topological polar surface area (TPSA) is 86.7 Å². The van der Waals surface area contributed by atoms with Crippen LogP contribution in [0.2, 0.25) is 0 Å². The van der Waals surface area contributed by atoms with Crippen LogP contribution in [-0.4, -0.2) is 32.6 Å². The summed E-state index contributed by atoms with van der Waals surface area (Å²) in [7, 11) is -3.78. The summed E-state index contributed by atoms with van der Waals surface area (Å²) in [6.07, 6.45) is 1.96. The van der Waals surface area contributed by atoms with Gasteiger partial charge in [-0.05, 0) is 50.6 Å². The molecule has 0 bridgehead atoms. The average molecular weight is 391 g/mol. The van der Waals surface area contributed by atoms with E-state index < -0.39 is 16.0 Å². The maximum absolute atomic E-state index is 12.5. The zero-order valence-electron chi connectivity index (χ0n) is 15.9. The lowest BCUT2D eigenvalue weighted by molar-refractivity contribution is 0.0697. The summed E-state index contributed by atoms with van der Waals surface area (Å²) in [5.41, 5.74) is 1.86. The highest BCUT2D eigenvalue weighted by molar-refractivity contribution is 7.92. The number of anilines is 2. The van der Waals surface area contributed by atoms with Gasteiger partial charge in [0.05, 0.1) is 16.1 Å². The number of hydrogen-bond donors (Lipinski definition) is 2. The molecule has 0 radical (unpaired) electrons. The summed E-state index contributed by atoms with van der Waals surface area (Å²) in [6, 6.07) is 11.1. The molecule has 0 saturated heterocycles. The van der Waals surface area contributed by atoms with Gasteiger partial charge in [-0.2, -0.15) is 0 Å². The minimum Gasteiger partial charge on any atom is -0.478 e. The van der Waals surface area contributed by atoms with E-state index in [1.165, 1.54) is 18.2 Å². The number of benzene rings is 2. The summed E-state index contributed by atoms with van der Waals surface area (Å²) in [4.78, 5) is 13.9. The van der Waals surface area contributed by atoms with Gasteiger partial charge in [0.25, 0.3) is 10.0 Å². The van der Waals surface area contributed by atoms with Crippen molar-refractivity contribution in [1.82, 2.24) is 0 Å². The molecule has 2 N–H and O–H groups in total. The number of nitrogens with one attached hydrogen (secondary N) is 1. The summed E-state index contributed by atoms with van der Waals surface area (Å²) in [5.74, 6) is -1.09. The zero-order valence-corrected chi connectivity index (χ0v) is 16.7. The van der Waals surface area contributed by atoms with Gasteiger partial charge in [-0.1, -0.05) is 31.0 Å². The van der Waals surface area contributed by atoms with Crippen LogP contribution in [-0.2, 0) is 10.0 Å². The molecule has 2 rings (SSSR count). The molecule has 0 aliphatic carbocycles. The number of carboxylic acid groups (broad SMARTS) is 1. The van der Waals surface area contributed by atoms with Gasteiger partial charge < -0.3 is 10.0 Å². The summed E-state index contributed by atoms with van der Waals surface area (Å²) >= 11 is 0. The molecule has 0 fully saturated rings. The van der Waals surface area contributed by atoms with Crippen molar-refractivity contribution in [1.29, 1.82) is 0 Å². The predicted octanol–water partition coefficient (Wildman–Crippen LogP) is 4.12. The summed E-state index contributed by atoms with van der Waals surface area (Å²) in [5, 5.41) is 9.60. The Hall–Kier alpha value is -2.54. The van der Waals surface area contributed by atoms with E-state index in [-0.39, 0.29) is 16.1 Å². The first kappa shape index (κ1) is 20.8. The van der Waals surface area contributed by atoms with E-state index >= 15 is 0 Å². The Morgan fingerprint density at radius 3 is 2.33 bits per heavy atom. The van der Waals surface area contributed by atoms with Gasteiger partial charge in [-0.15, -0.1) is 0 Å². The van der Waals surface area contributed by atoms with Crippen molar-refractivity contribution >= 4 is 27.4 Å². The standard InChI is InChI=1S/C20H26N2O4S/c1-4-6-13-22(5-2)19-12-9-16(14-18(19)20(23)24)21-27(25,26)17-10-7-15(3)8-11-17/h7-12,14,21H,4-6,13H2,1-3H3,(H,23,24). The molecule has 2 aromatic rings. The highest BCUT2D eigenvalue weighted by Crippen LogP contribution is 2.26. The van der Waals surface area contributed by atoms with Crippen molar-refractivity contribution in [3.8, 4) is 0 Å². The Morgan fingerprint density at radius 2 is 1.78 bits per heavy atom. The Labute approximate surface area is 160 Å². The van der Waals surface area contributed by atoms with Gasteiger partial charge in [0.15, 0.2) is 0 Å². The fourth-order valence-corrected chi connectivity index (χ4v) is 3.83. The van der Waals surface area contributed by atoms with Gasteiger partial charge in [-0.25, -0.2) is 13.2 Å². The van der Waals surface area contributed by atoms with Gasteiger partial charge in [0, 0.05) is 18.8 Å². The van der Waals surface area contributed by atoms with E-state index in [9.17, 15) is 18.3 Å². The van der Waals surface area contributed by atoms with E-state index in [2.05, 4.69) is 11.6 Å². The minimum absolute atomic E-state index is 0.0806. The lowest BCUT2D eigenvalue weighted by Crippen LogP contribution is -2.26. The third-order valence-electron chi connectivity index (χ3n) is 4.31. The Bertz CT molecular complexity index is 893. The first-order valence-corrected chi connectivity index (χ1v) is 10.5. The number of aryl methyl sites for hydroxylation is 1. The van der Waals surface area contributed by atoms with E-state index in [0.29, 0.717) is 12.2 Å². The molecule has 146 valence electrons. The molecule has 0 aliphatic rings. The number of carbonyl (C=O) groups is 1. The van der Waals surface area contributed by atoms with Crippen molar-refractivity contribution in [2.24, 2.45) is 0 Å². The van der Waals surface area contributed by atoms with Crippen LogP contribution in [0.25, 0.3) is 0 Å². The van der Waals surface area contributed by atoms with Crippen molar-refractivity contribution in [2.45, 2.75) is 38.5 Å². The van der Waals surface area contributed by atoms with Crippen LogP contribution in [0.4, 0.5) is 11.4 Å². The van der Waals surface area contributed by atoms with Crippen LogP contribution in [0.15, 0.2) is 47.4 Å². The molecule has 6 nitrogen and oxygen atoms in total. The van der Waals surface area contributed by atoms with Crippen LogP contribution in [0, 0.1) is 6.92 Å². The molecule has 0 saturated carbocycles. The maximum atomic E-state index is 12.5. The van der Waals surface area contributed by atoms with Crippen LogP contribution < -0.4 is 9.62 Å². The number of rotatable bonds is 9. The van der Waals surface area contributed by atoms with Crippen molar-refractivity contribution < 1.29 is 18.3 Å². The monoisotopic (exact) mass is 390 g/mol. The van der Waals surface area contributed by atoms with Gasteiger partial charge in [-0.3, -0.25) is 4.72 Å². The number of hydrogen-bond acceptors (Lipinski definition) is 4. The second-order valence-corrected chi connectivity index (χ2v) is 8.07. The lowest BCUT2D eigenvalue weighted by atomic mass is 10.1. The quantitative estimate of drug-likeness (QED) is 0.672. The van der Waals surface area contributed by atoms with Crippen molar-refractivity contribution in [3.05, 3.63) is 53.6 Å². The van der Waals surface area contributed by atoms with Crippen LogP contribution in [0.5, 0.6) is 0 Å². The molecule has 0 amide bonds. The molecule has 2 aromatic carbocycles. The van der Waals surface area contributed by atoms with Gasteiger partial charge in [0.2, 0.25) is 0 Å². The van der Waals surface area contributed by atoms with Crippen LogP contribution in [0.3, 0.4) is 0 Å². The molecule has 0 heterocycles.